The summed E-state index contributed by atoms with van der Waals surface area (Å²) in [7, 11) is 3.68. The smallest absolute Gasteiger partial charge is 0.410 e. The number of ether oxygens (including phenoxy) is 1. The highest BCUT2D eigenvalue weighted by atomic mass is 32.2. The monoisotopic (exact) mass is 590 g/mol. The summed E-state index contributed by atoms with van der Waals surface area (Å²) < 4.78 is 5.31. The highest BCUT2D eigenvalue weighted by molar-refractivity contribution is 7.98. The van der Waals surface area contributed by atoms with Crippen molar-refractivity contribution in [3.63, 3.8) is 0 Å². The minimum Gasteiger partial charge on any atom is -0.444 e. The normalized spacial score (nSPS) is 14.0. The van der Waals surface area contributed by atoms with Gasteiger partial charge >= 0.3 is 6.09 Å². The van der Waals surface area contributed by atoms with Crippen LogP contribution in [0.4, 0.5) is 16.3 Å². The molecule has 1 aromatic heterocycles. The van der Waals surface area contributed by atoms with Crippen LogP contribution in [0.2, 0.25) is 0 Å². The molecule has 3 rings (SSSR count). The molecule has 0 atom stereocenters. The quantitative estimate of drug-likeness (QED) is 0.251. The number of hydrogen-bond acceptors (Lipinski definition) is 8. The van der Waals surface area contributed by atoms with E-state index in [1.165, 1.54) is 16.7 Å². The maximum absolute atomic E-state index is 12.4. The molecule has 0 radical (unpaired) electrons. The number of benzene rings is 1. The van der Waals surface area contributed by atoms with Crippen molar-refractivity contribution in [3.05, 3.63) is 57.9 Å². The number of nitrogens with zero attached hydrogens (tertiary/aromatic N) is 6. The summed E-state index contributed by atoms with van der Waals surface area (Å²) in [5.74, 6) is 1.29. The lowest BCUT2D eigenvalue weighted by molar-refractivity contribution is -0.119. The first kappa shape index (κ1) is 32.9. The van der Waals surface area contributed by atoms with E-state index in [4.69, 9.17) is 16.3 Å². The molecule has 224 valence electrons. The molecule has 0 spiro atoms. The first-order valence-corrected chi connectivity index (χ1v) is 15.4. The van der Waals surface area contributed by atoms with Crippen molar-refractivity contribution in [1.29, 1.82) is 5.26 Å². The third kappa shape index (κ3) is 9.20. The van der Waals surface area contributed by atoms with E-state index >= 15 is 0 Å². The van der Waals surface area contributed by atoms with Gasteiger partial charge in [-0.05, 0) is 70.3 Å². The van der Waals surface area contributed by atoms with E-state index in [2.05, 4.69) is 27.8 Å². The highest BCUT2D eigenvalue weighted by Crippen LogP contribution is 2.39. The Labute approximate surface area is 254 Å². The van der Waals surface area contributed by atoms with Crippen molar-refractivity contribution < 1.29 is 14.3 Å². The average molecular weight is 591 g/mol. The number of carbonyl (C=O) groups is 2. The maximum atomic E-state index is 12.4. The molecular weight excluding hydrogens is 548 g/mol. The zero-order valence-corrected chi connectivity index (χ0v) is 26.5. The van der Waals surface area contributed by atoms with Gasteiger partial charge in [0.05, 0.1) is 18.7 Å². The van der Waals surface area contributed by atoms with Gasteiger partial charge in [0.1, 0.15) is 22.5 Å². The summed E-state index contributed by atoms with van der Waals surface area (Å²) in [6, 6.07) is 10.4. The van der Waals surface area contributed by atoms with Gasteiger partial charge in [0.25, 0.3) is 0 Å². The van der Waals surface area contributed by atoms with E-state index in [9.17, 15) is 14.9 Å². The molecule has 1 amide bonds. The molecule has 2 heterocycles. The molecule has 0 unspecified atom stereocenters. The Balaban J connectivity index is 1.66. The van der Waals surface area contributed by atoms with Crippen LogP contribution >= 0.6 is 11.8 Å². The molecule has 0 saturated carbocycles. The molecule has 1 aliphatic rings. The van der Waals surface area contributed by atoms with E-state index in [-0.39, 0.29) is 12.3 Å². The van der Waals surface area contributed by atoms with Crippen molar-refractivity contribution in [1.82, 2.24) is 14.8 Å². The molecule has 0 N–H and O–H groups in total. The standard InChI is InChI=1S/C32H42N6O3S/c1-8-26-27(20-33)30(35-29(28(26)34-5)38-17-9-16-36(6)18-19-38)42-22-24-12-10-23(11-13-24)14-15-25(39)21-37(7)31(40)41-32(2,3)4/h10-13H,8-9,14-19,21-22H2,1-4,6-7H3. The zero-order chi connectivity index (χ0) is 30.9. The number of nitriles is 1. The van der Waals surface area contributed by atoms with E-state index in [0.717, 1.165) is 49.3 Å². The average Bonchev–Trinajstić information content (AvgIpc) is 3.17. The Morgan fingerprint density at radius 1 is 1.17 bits per heavy atom. The Kier molecular flexibility index (Phi) is 11.8. The Morgan fingerprint density at radius 3 is 2.48 bits per heavy atom. The molecule has 1 aromatic carbocycles. The molecular formula is C32H42N6O3S. The molecule has 0 aliphatic carbocycles. The van der Waals surface area contributed by atoms with E-state index in [0.29, 0.717) is 47.1 Å². The van der Waals surface area contributed by atoms with Crippen molar-refractivity contribution in [3.8, 4) is 6.07 Å². The van der Waals surface area contributed by atoms with E-state index < -0.39 is 11.7 Å². The molecule has 9 nitrogen and oxygen atoms in total. The van der Waals surface area contributed by atoms with Gasteiger partial charge in [-0.25, -0.2) is 14.6 Å². The van der Waals surface area contributed by atoms with Crippen molar-refractivity contribution >= 4 is 35.1 Å². The third-order valence-corrected chi connectivity index (χ3v) is 8.07. The van der Waals surface area contributed by atoms with Crippen LogP contribution in [0.1, 0.15) is 62.8 Å². The number of aryl methyl sites for hydroxylation is 1. The number of anilines is 1. The summed E-state index contributed by atoms with van der Waals surface area (Å²) in [5, 5.41) is 10.7. The third-order valence-electron chi connectivity index (χ3n) is 7.03. The van der Waals surface area contributed by atoms with Crippen molar-refractivity contribution in [2.45, 2.75) is 69.8 Å². The maximum Gasteiger partial charge on any atom is 0.410 e. The molecule has 2 aromatic rings. The predicted molar refractivity (Wildman–Crippen MR) is 167 cm³/mol. The number of Topliss-reactive ketones (excluding diaryl/α,β-unsaturated/α-hetero) is 1. The molecule has 1 saturated heterocycles. The minimum atomic E-state index is -0.605. The second kappa shape index (κ2) is 15.0. The Hall–Kier alpha value is -3.60. The molecule has 1 fully saturated rings. The first-order valence-electron chi connectivity index (χ1n) is 14.4. The largest absolute Gasteiger partial charge is 0.444 e. The Bertz CT molecular complexity index is 1340. The fraction of sp³-hybridized carbons (Fsp3) is 0.531. The van der Waals surface area contributed by atoms with Crippen molar-refractivity contribution in [2.24, 2.45) is 0 Å². The number of likely N-dealkylation sites (N-methyl/N-ethyl adjacent to an activating group) is 2. The SMILES string of the molecule is [C-]#[N+]c1c(N2CCCN(C)CC2)nc(SCc2ccc(CCC(=O)CN(C)C(=O)OC(C)(C)C)cc2)c(C#N)c1CC. The number of aromatic nitrogens is 1. The number of amides is 1. The minimum absolute atomic E-state index is 0.0139. The van der Waals surface area contributed by atoms with Crippen LogP contribution in [-0.4, -0.2) is 79.1 Å². The van der Waals surface area contributed by atoms with Gasteiger partial charge in [0.15, 0.2) is 5.78 Å². The summed E-state index contributed by atoms with van der Waals surface area (Å²) in [6.07, 6.45) is 2.00. The first-order chi connectivity index (χ1) is 19.9. The topological polar surface area (TPSA) is 94.1 Å². The number of rotatable bonds is 10. The second-order valence-electron chi connectivity index (χ2n) is 11.6. The van der Waals surface area contributed by atoms with Crippen LogP contribution in [0.5, 0.6) is 0 Å². The lowest BCUT2D eigenvalue weighted by atomic mass is 10.1. The van der Waals surface area contributed by atoms with Crippen LogP contribution in [-0.2, 0) is 28.1 Å². The van der Waals surface area contributed by atoms with Crippen LogP contribution < -0.4 is 4.90 Å². The summed E-state index contributed by atoms with van der Waals surface area (Å²) in [4.78, 5) is 39.1. The molecule has 1 aliphatic heterocycles. The number of pyridine rings is 1. The number of carbonyl (C=O) groups excluding carboxylic acids is 2. The van der Waals surface area contributed by atoms with Gasteiger partial charge < -0.3 is 19.4 Å². The predicted octanol–water partition coefficient (Wildman–Crippen LogP) is 5.87. The van der Waals surface area contributed by atoms with E-state index in [1.807, 2.05) is 31.2 Å². The Morgan fingerprint density at radius 2 is 1.86 bits per heavy atom. The molecule has 42 heavy (non-hydrogen) atoms. The van der Waals surface area contributed by atoms with Gasteiger partial charge in [0.2, 0.25) is 5.69 Å². The van der Waals surface area contributed by atoms with Crippen LogP contribution in [0.3, 0.4) is 0 Å². The number of hydrogen-bond donors (Lipinski definition) is 0. The summed E-state index contributed by atoms with van der Waals surface area (Å²) in [6.45, 7) is 18.8. The fourth-order valence-corrected chi connectivity index (χ4v) is 5.69. The molecule has 10 heteroatoms. The van der Waals surface area contributed by atoms with Crippen LogP contribution in [0, 0.1) is 17.9 Å². The second-order valence-corrected chi connectivity index (χ2v) is 12.6. The number of ketones is 1. The van der Waals surface area contributed by atoms with Gasteiger partial charge in [-0.3, -0.25) is 4.79 Å². The van der Waals surface area contributed by atoms with Crippen LogP contribution in [0.25, 0.3) is 4.85 Å². The van der Waals surface area contributed by atoms with E-state index in [1.54, 1.807) is 27.8 Å². The van der Waals surface area contributed by atoms with Gasteiger partial charge in [-0.15, -0.1) is 11.8 Å². The van der Waals surface area contributed by atoms with Gasteiger partial charge in [-0.1, -0.05) is 31.2 Å². The lowest BCUT2D eigenvalue weighted by Gasteiger charge is -2.25. The summed E-state index contributed by atoms with van der Waals surface area (Å²) >= 11 is 1.52. The summed E-state index contributed by atoms with van der Waals surface area (Å²) in [5.41, 5.74) is 3.28. The zero-order valence-electron chi connectivity index (χ0n) is 25.7. The number of thioether (sulfide) groups is 1. The van der Waals surface area contributed by atoms with Gasteiger partial charge in [-0.2, -0.15) is 5.26 Å². The highest BCUT2D eigenvalue weighted by Gasteiger charge is 2.24. The molecule has 0 bridgehead atoms. The van der Waals surface area contributed by atoms with Crippen molar-refractivity contribution in [2.75, 3.05) is 51.7 Å². The van der Waals surface area contributed by atoms with Gasteiger partial charge in [0, 0.05) is 38.9 Å². The lowest BCUT2D eigenvalue weighted by Crippen LogP contribution is -2.37. The fourth-order valence-electron chi connectivity index (χ4n) is 4.73. The van der Waals surface area contributed by atoms with Crippen LogP contribution in [0.15, 0.2) is 29.3 Å².